The summed E-state index contributed by atoms with van der Waals surface area (Å²) in [7, 11) is 1.68. The van der Waals surface area contributed by atoms with Crippen LogP contribution in [0.4, 0.5) is 0 Å². The van der Waals surface area contributed by atoms with Gasteiger partial charge < -0.3 is 10.4 Å². The number of amides is 1. The zero-order chi connectivity index (χ0) is 5.28. The molecule has 1 aliphatic rings. The van der Waals surface area contributed by atoms with E-state index in [1.807, 2.05) is 0 Å². The first kappa shape index (κ1) is 9.24. The van der Waals surface area contributed by atoms with E-state index in [0.29, 0.717) is 13.0 Å². The van der Waals surface area contributed by atoms with Crippen LogP contribution in [0.3, 0.4) is 0 Å². The topological polar surface area (TPSA) is 34.4 Å². The maximum Gasteiger partial charge on any atom is 1.00 e. The Labute approximate surface area is 97.6 Å². The summed E-state index contributed by atoms with van der Waals surface area (Å²) in [6.07, 6.45) is 0.594. The molecule has 0 aromatic rings. The second-order valence-electron chi connectivity index (χ2n) is 1.53. The molecule has 1 fully saturated rings. The molecule has 0 bridgehead atoms. The van der Waals surface area contributed by atoms with Crippen molar-refractivity contribution in [3.8, 4) is 0 Å². The molecule has 1 saturated heterocycles. The van der Waals surface area contributed by atoms with Gasteiger partial charge in [0.25, 0.3) is 0 Å². The fraction of sp³-hybridized carbons (Fsp3) is 0.750. The molecular weight excluding hydrogens is 178 g/mol. The summed E-state index contributed by atoms with van der Waals surface area (Å²) >= 11 is 0. The zero-order valence-corrected chi connectivity index (χ0v) is 10.1. The van der Waals surface area contributed by atoms with E-state index in [2.05, 4.69) is 5.43 Å². The van der Waals surface area contributed by atoms with Gasteiger partial charge in [-0.15, -0.1) is 6.54 Å². The number of carbonyl (C=O) groups is 1. The van der Waals surface area contributed by atoms with Crippen LogP contribution in [0.5, 0.6) is 0 Å². The molecule has 0 aliphatic carbocycles. The van der Waals surface area contributed by atoms with E-state index in [-0.39, 0.29) is 64.1 Å². The van der Waals surface area contributed by atoms with Gasteiger partial charge in [0.1, 0.15) is 0 Å². The molecule has 0 aromatic heterocycles. The first-order valence-corrected chi connectivity index (χ1v) is 2.24. The van der Waals surface area contributed by atoms with E-state index < -0.39 is 0 Å². The molecule has 8 heavy (non-hydrogen) atoms. The van der Waals surface area contributed by atoms with Crippen LogP contribution in [-0.2, 0) is 4.79 Å². The third-order valence-corrected chi connectivity index (χ3v) is 0.999. The number of nitrogens with zero attached hydrogens (tertiary/aromatic N) is 2. The second kappa shape index (κ2) is 4.12. The van der Waals surface area contributed by atoms with Crippen molar-refractivity contribution in [3.63, 3.8) is 0 Å². The van der Waals surface area contributed by atoms with E-state index in [9.17, 15) is 4.79 Å². The summed E-state index contributed by atoms with van der Waals surface area (Å²) in [4.78, 5) is 10.4. The minimum Gasteiger partial charge on any atom is -0.566 e. The first-order valence-electron chi connectivity index (χ1n) is 2.24. The Balaban J connectivity index is 0.000000490. The molecular formula is C4H7N2ORb. The Bertz CT molecular complexity index is 96.0. The Morgan fingerprint density at radius 2 is 2.38 bits per heavy atom. The van der Waals surface area contributed by atoms with E-state index in [1.165, 1.54) is 5.01 Å². The molecule has 3 nitrogen and oxygen atoms in total. The van der Waals surface area contributed by atoms with Crippen molar-refractivity contribution in [2.75, 3.05) is 13.6 Å². The van der Waals surface area contributed by atoms with Gasteiger partial charge in [0.15, 0.2) is 0 Å². The third-order valence-electron chi connectivity index (χ3n) is 0.999. The molecule has 1 aliphatic heterocycles. The van der Waals surface area contributed by atoms with E-state index >= 15 is 0 Å². The number of hydrogen-bond acceptors (Lipinski definition) is 1. The number of rotatable bonds is 0. The van der Waals surface area contributed by atoms with Crippen molar-refractivity contribution in [2.24, 2.45) is 0 Å². The Morgan fingerprint density at radius 1 is 1.75 bits per heavy atom. The van der Waals surface area contributed by atoms with Gasteiger partial charge >= 0.3 is 58.2 Å². The summed E-state index contributed by atoms with van der Waals surface area (Å²) in [5.41, 5.74) is 3.80. The maximum atomic E-state index is 10.4. The van der Waals surface area contributed by atoms with Crippen LogP contribution >= 0.6 is 0 Å². The molecule has 1 amide bonds. The van der Waals surface area contributed by atoms with Crippen LogP contribution in [0, 0.1) is 0 Å². The van der Waals surface area contributed by atoms with Crippen molar-refractivity contribution >= 4 is 5.91 Å². The minimum absolute atomic E-state index is 0. The summed E-state index contributed by atoms with van der Waals surface area (Å²) in [5, 5.41) is 1.39. The average molecular weight is 185 g/mol. The van der Waals surface area contributed by atoms with Crippen LogP contribution in [-0.4, -0.2) is 24.5 Å². The van der Waals surface area contributed by atoms with Crippen LogP contribution in [0.1, 0.15) is 6.42 Å². The molecule has 0 spiro atoms. The second-order valence-corrected chi connectivity index (χ2v) is 1.53. The van der Waals surface area contributed by atoms with Crippen molar-refractivity contribution in [2.45, 2.75) is 6.42 Å². The van der Waals surface area contributed by atoms with Gasteiger partial charge in [-0.25, -0.2) is 0 Å². The molecule has 1 heterocycles. The van der Waals surface area contributed by atoms with Crippen LogP contribution < -0.4 is 58.2 Å². The van der Waals surface area contributed by atoms with Crippen LogP contribution in [0.2, 0.25) is 0 Å². The molecule has 0 saturated carbocycles. The quantitative estimate of drug-likeness (QED) is 0.399. The summed E-state index contributed by atoms with van der Waals surface area (Å²) < 4.78 is 0. The molecule has 0 atom stereocenters. The summed E-state index contributed by atoms with van der Waals surface area (Å²) in [6, 6.07) is 0. The normalized spacial score (nSPS) is 18.6. The molecule has 0 radical (unpaired) electrons. The van der Waals surface area contributed by atoms with Crippen molar-refractivity contribution in [1.29, 1.82) is 0 Å². The Hall–Kier alpha value is 1.24. The number of hydrogen-bond donors (Lipinski definition) is 0. The van der Waals surface area contributed by atoms with Gasteiger partial charge in [-0.05, 0) is 7.05 Å². The molecule has 40 valence electrons. The largest absolute Gasteiger partial charge is 1.00 e. The molecule has 1 rings (SSSR count). The first-order chi connectivity index (χ1) is 3.30. The SMILES string of the molecule is CN1[N-]CCC1=O.[Rb+]. The summed E-state index contributed by atoms with van der Waals surface area (Å²) in [5.74, 6) is 0.125. The number of carbonyl (C=O) groups excluding carboxylic acids is 1. The van der Waals surface area contributed by atoms with Crippen LogP contribution in [0.25, 0.3) is 5.43 Å². The van der Waals surface area contributed by atoms with E-state index in [1.54, 1.807) is 7.05 Å². The zero-order valence-electron chi connectivity index (χ0n) is 5.22. The third kappa shape index (κ3) is 2.23. The predicted octanol–water partition coefficient (Wildman–Crippen LogP) is -2.86. The van der Waals surface area contributed by atoms with Gasteiger partial charge in [-0.1, -0.05) is 0 Å². The van der Waals surface area contributed by atoms with Crippen molar-refractivity contribution in [3.05, 3.63) is 5.43 Å². The Kier molecular flexibility index (Phi) is 4.75. The molecule has 0 unspecified atom stereocenters. The standard InChI is InChI=1S/C4H7N2O.Rb/c1-6-4(7)2-3-5-6;/h2-3H2,1H3;/q-1;+1. The molecule has 0 N–H and O–H groups in total. The minimum atomic E-state index is 0. The summed E-state index contributed by atoms with van der Waals surface area (Å²) in [6.45, 7) is 0.676. The van der Waals surface area contributed by atoms with E-state index in [4.69, 9.17) is 0 Å². The predicted molar refractivity (Wildman–Crippen MR) is 25.6 cm³/mol. The maximum absolute atomic E-state index is 10.4. The average Bonchev–Trinajstić information content (AvgIpc) is 1.91. The van der Waals surface area contributed by atoms with Gasteiger partial charge in [0.05, 0.1) is 0 Å². The van der Waals surface area contributed by atoms with Gasteiger partial charge in [-0.2, -0.15) is 0 Å². The Morgan fingerprint density at radius 3 is 2.50 bits per heavy atom. The van der Waals surface area contributed by atoms with Crippen LogP contribution in [0.15, 0.2) is 0 Å². The van der Waals surface area contributed by atoms with Gasteiger partial charge in [0.2, 0.25) is 5.91 Å². The monoisotopic (exact) mass is 184 g/mol. The van der Waals surface area contributed by atoms with E-state index in [0.717, 1.165) is 0 Å². The molecule has 0 aromatic carbocycles. The fourth-order valence-electron chi connectivity index (χ4n) is 0.536. The van der Waals surface area contributed by atoms with Gasteiger partial charge in [0, 0.05) is 6.42 Å². The molecule has 4 heteroatoms. The van der Waals surface area contributed by atoms with Crippen molar-refractivity contribution < 1.29 is 63.0 Å². The van der Waals surface area contributed by atoms with Crippen molar-refractivity contribution in [1.82, 2.24) is 5.01 Å². The van der Waals surface area contributed by atoms with Gasteiger partial charge in [-0.3, -0.25) is 4.79 Å². The smallest absolute Gasteiger partial charge is 0.566 e. The fourth-order valence-corrected chi connectivity index (χ4v) is 0.536.